The normalized spacial score (nSPS) is 18.6. The zero-order valence-corrected chi connectivity index (χ0v) is 18.4. The molecular weight excluding hydrogens is 433 g/mol. The van der Waals surface area contributed by atoms with Gasteiger partial charge in [0.05, 0.1) is 52.5 Å². The summed E-state index contributed by atoms with van der Waals surface area (Å²) in [4.78, 5) is 7.45. The Hall–Kier alpha value is -3.31. The van der Waals surface area contributed by atoms with Gasteiger partial charge >= 0.3 is 0 Å². The SMILES string of the molecule is C[C@@H]1COCCN1c1cc(N=[S@@](C)(=O)c2ccc(F)cc2)c2cnn(-c3ccn[nH]3)c2n1. The number of fused-ring (bicyclic) bond motifs is 1. The van der Waals surface area contributed by atoms with E-state index >= 15 is 0 Å². The van der Waals surface area contributed by atoms with E-state index in [1.165, 1.54) is 24.3 Å². The van der Waals surface area contributed by atoms with Crippen molar-refractivity contribution in [1.82, 2.24) is 25.0 Å². The molecule has 1 aliphatic heterocycles. The summed E-state index contributed by atoms with van der Waals surface area (Å²) in [6, 6.07) is 9.30. The molecule has 0 bridgehead atoms. The Morgan fingerprint density at radius 1 is 1.28 bits per heavy atom. The van der Waals surface area contributed by atoms with Gasteiger partial charge in [0.1, 0.15) is 11.6 Å². The number of hydrogen-bond donors (Lipinski definition) is 1. The molecule has 0 amide bonds. The third-order valence-electron chi connectivity index (χ3n) is 5.41. The summed E-state index contributed by atoms with van der Waals surface area (Å²) < 4.78 is 38.7. The molecule has 0 aliphatic carbocycles. The molecule has 4 heterocycles. The first-order chi connectivity index (χ1) is 15.4. The van der Waals surface area contributed by atoms with E-state index in [-0.39, 0.29) is 11.9 Å². The smallest absolute Gasteiger partial charge is 0.169 e. The van der Waals surface area contributed by atoms with Crippen molar-refractivity contribution in [3.05, 3.63) is 54.6 Å². The van der Waals surface area contributed by atoms with Gasteiger partial charge in [-0.3, -0.25) is 5.10 Å². The Morgan fingerprint density at radius 3 is 2.81 bits per heavy atom. The first-order valence-corrected chi connectivity index (χ1v) is 12.1. The molecule has 9 nitrogen and oxygen atoms in total. The fourth-order valence-corrected chi connectivity index (χ4v) is 5.00. The first-order valence-electron chi connectivity index (χ1n) is 10.1. The molecule has 0 spiro atoms. The van der Waals surface area contributed by atoms with Crippen LogP contribution in [0.5, 0.6) is 0 Å². The molecule has 32 heavy (non-hydrogen) atoms. The number of rotatable bonds is 4. The molecule has 2 atom stereocenters. The van der Waals surface area contributed by atoms with Crippen LogP contribution in [0.1, 0.15) is 6.92 Å². The van der Waals surface area contributed by atoms with Crippen molar-refractivity contribution in [1.29, 1.82) is 0 Å². The average molecular weight is 456 g/mol. The van der Waals surface area contributed by atoms with Crippen LogP contribution in [0.15, 0.2) is 58.1 Å². The quantitative estimate of drug-likeness (QED) is 0.507. The highest BCUT2D eigenvalue weighted by Crippen LogP contribution is 2.33. The van der Waals surface area contributed by atoms with Crippen molar-refractivity contribution in [3.8, 4) is 5.82 Å². The standard InChI is InChI=1S/C21H22FN7O2S/c1-14-13-31-10-9-28(14)20-11-18(27-32(2,30)16-5-3-15(22)4-6-16)17-12-24-29(21(17)25-20)19-7-8-23-26-19/h3-8,11-12,14H,9-10,13H2,1-2H3,(H,23,26)/t14-,32+/m1/s1. The molecule has 1 aromatic carbocycles. The van der Waals surface area contributed by atoms with E-state index in [4.69, 9.17) is 9.72 Å². The fraction of sp³-hybridized carbons (Fsp3) is 0.286. The van der Waals surface area contributed by atoms with Gasteiger partial charge in [0.15, 0.2) is 11.5 Å². The Labute approximate surface area is 184 Å². The maximum Gasteiger partial charge on any atom is 0.169 e. The highest BCUT2D eigenvalue weighted by molar-refractivity contribution is 7.93. The summed E-state index contributed by atoms with van der Waals surface area (Å²) >= 11 is 0. The number of morpholine rings is 1. The van der Waals surface area contributed by atoms with E-state index in [1.54, 1.807) is 29.4 Å². The van der Waals surface area contributed by atoms with Crippen molar-refractivity contribution in [3.63, 3.8) is 0 Å². The molecule has 5 rings (SSSR count). The van der Waals surface area contributed by atoms with Crippen LogP contribution in [0.4, 0.5) is 15.9 Å². The Morgan fingerprint density at radius 2 is 2.09 bits per heavy atom. The second-order valence-corrected chi connectivity index (χ2v) is 9.96. The van der Waals surface area contributed by atoms with Crippen LogP contribution in [0.3, 0.4) is 0 Å². The number of pyridine rings is 1. The summed E-state index contributed by atoms with van der Waals surface area (Å²) in [6.07, 6.45) is 4.83. The topological polar surface area (TPSA) is 101 Å². The van der Waals surface area contributed by atoms with Crippen LogP contribution >= 0.6 is 0 Å². The molecule has 4 aromatic rings. The lowest BCUT2D eigenvalue weighted by Crippen LogP contribution is -2.44. The molecule has 0 unspecified atom stereocenters. The van der Waals surface area contributed by atoms with Crippen LogP contribution in [0.2, 0.25) is 0 Å². The van der Waals surface area contributed by atoms with Gasteiger partial charge < -0.3 is 9.64 Å². The Balaban J connectivity index is 1.72. The van der Waals surface area contributed by atoms with Crippen molar-refractivity contribution >= 4 is 32.3 Å². The molecule has 0 saturated carbocycles. The number of aromatic nitrogens is 5. The summed E-state index contributed by atoms with van der Waals surface area (Å²) in [5, 5.41) is 12.0. The summed E-state index contributed by atoms with van der Waals surface area (Å²) in [6.45, 7) is 3.93. The number of nitrogens with zero attached hydrogens (tertiary/aromatic N) is 6. The van der Waals surface area contributed by atoms with E-state index in [2.05, 4.69) is 31.5 Å². The van der Waals surface area contributed by atoms with Crippen LogP contribution in [-0.4, -0.2) is 61.2 Å². The molecule has 1 saturated heterocycles. The van der Waals surface area contributed by atoms with E-state index in [1.807, 2.05) is 6.07 Å². The number of ether oxygens (including phenoxy) is 1. The Bertz CT molecular complexity index is 1380. The monoisotopic (exact) mass is 455 g/mol. The predicted octanol–water partition coefficient (Wildman–Crippen LogP) is 3.30. The molecule has 166 valence electrons. The van der Waals surface area contributed by atoms with Gasteiger partial charge in [0.2, 0.25) is 0 Å². The lowest BCUT2D eigenvalue weighted by atomic mass is 10.2. The number of benzene rings is 1. The lowest BCUT2D eigenvalue weighted by molar-refractivity contribution is 0.0985. The first kappa shape index (κ1) is 20.6. The van der Waals surface area contributed by atoms with Crippen molar-refractivity contribution in [2.75, 3.05) is 30.9 Å². The summed E-state index contributed by atoms with van der Waals surface area (Å²) in [7, 11) is -2.85. The van der Waals surface area contributed by atoms with E-state index < -0.39 is 9.73 Å². The third-order valence-corrected chi connectivity index (χ3v) is 7.10. The highest BCUT2D eigenvalue weighted by atomic mass is 32.2. The van der Waals surface area contributed by atoms with Crippen molar-refractivity contribution in [2.24, 2.45) is 4.36 Å². The van der Waals surface area contributed by atoms with Gasteiger partial charge in [-0.1, -0.05) is 0 Å². The predicted molar refractivity (Wildman–Crippen MR) is 119 cm³/mol. The Kier molecular flexibility index (Phi) is 5.14. The zero-order valence-electron chi connectivity index (χ0n) is 17.6. The van der Waals surface area contributed by atoms with Gasteiger partial charge in [-0.2, -0.15) is 19.2 Å². The van der Waals surface area contributed by atoms with Gasteiger partial charge in [0.25, 0.3) is 0 Å². The minimum Gasteiger partial charge on any atom is -0.377 e. The second-order valence-electron chi connectivity index (χ2n) is 7.70. The number of nitrogens with one attached hydrogen (secondary N) is 1. The summed E-state index contributed by atoms with van der Waals surface area (Å²) in [5.41, 5.74) is 1.07. The number of H-pyrrole nitrogens is 1. The fourth-order valence-electron chi connectivity index (χ4n) is 3.73. The molecule has 1 N–H and O–H groups in total. The number of anilines is 1. The van der Waals surface area contributed by atoms with Gasteiger partial charge in [0, 0.05) is 29.8 Å². The number of halogens is 1. The minimum atomic E-state index is -2.85. The van der Waals surface area contributed by atoms with Gasteiger partial charge in [-0.05, 0) is 31.2 Å². The van der Waals surface area contributed by atoms with E-state index in [0.29, 0.717) is 53.0 Å². The highest BCUT2D eigenvalue weighted by Gasteiger charge is 2.23. The van der Waals surface area contributed by atoms with Gasteiger partial charge in [-0.25, -0.2) is 13.6 Å². The van der Waals surface area contributed by atoms with Crippen LogP contribution < -0.4 is 4.90 Å². The maximum absolute atomic E-state index is 13.5. The lowest BCUT2D eigenvalue weighted by Gasteiger charge is -2.34. The molecular formula is C21H22FN7O2S. The summed E-state index contributed by atoms with van der Waals surface area (Å²) in [5.74, 6) is 0.962. The van der Waals surface area contributed by atoms with Gasteiger partial charge in [-0.15, -0.1) is 0 Å². The molecule has 0 radical (unpaired) electrons. The third kappa shape index (κ3) is 3.73. The van der Waals surface area contributed by atoms with Crippen LogP contribution in [0.25, 0.3) is 16.9 Å². The molecule has 1 fully saturated rings. The van der Waals surface area contributed by atoms with E-state index in [9.17, 15) is 8.60 Å². The van der Waals surface area contributed by atoms with Crippen LogP contribution in [0, 0.1) is 5.82 Å². The number of aromatic amines is 1. The average Bonchev–Trinajstić information content (AvgIpc) is 3.44. The molecule has 11 heteroatoms. The largest absolute Gasteiger partial charge is 0.377 e. The molecule has 1 aliphatic rings. The zero-order chi connectivity index (χ0) is 22.3. The maximum atomic E-state index is 13.5. The number of hydrogen-bond acceptors (Lipinski definition) is 7. The minimum absolute atomic E-state index is 0.119. The molecule has 3 aromatic heterocycles. The van der Waals surface area contributed by atoms with Crippen molar-refractivity contribution < 1.29 is 13.3 Å². The second kappa shape index (κ2) is 7.99. The van der Waals surface area contributed by atoms with Crippen molar-refractivity contribution in [2.45, 2.75) is 17.9 Å². The van der Waals surface area contributed by atoms with Crippen LogP contribution in [-0.2, 0) is 14.5 Å². The van der Waals surface area contributed by atoms with E-state index in [0.717, 1.165) is 0 Å².